The molecule has 3 heteroatoms. The molecule has 0 saturated carbocycles. The molecule has 2 aromatic rings. The van der Waals surface area contributed by atoms with Gasteiger partial charge in [-0.15, -0.1) is 0 Å². The van der Waals surface area contributed by atoms with E-state index in [0.29, 0.717) is 0 Å². The summed E-state index contributed by atoms with van der Waals surface area (Å²) in [6.45, 7) is 0. The van der Waals surface area contributed by atoms with Crippen molar-refractivity contribution in [1.82, 2.24) is 0 Å². The van der Waals surface area contributed by atoms with Crippen LogP contribution in [0.25, 0.3) is 0 Å². The van der Waals surface area contributed by atoms with Gasteiger partial charge in [0, 0.05) is 12.1 Å². The zero-order valence-corrected chi connectivity index (χ0v) is 10.4. The molecule has 0 unspecified atom stereocenters. The van der Waals surface area contributed by atoms with Crippen molar-refractivity contribution in [1.29, 1.82) is 0 Å². The summed E-state index contributed by atoms with van der Waals surface area (Å²) in [7, 11) is 2.00. The first kappa shape index (κ1) is 12.6. The number of nitrogens with zero attached hydrogens (tertiary/aromatic N) is 1. The van der Waals surface area contributed by atoms with Crippen LogP contribution in [0.1, 0.15) is 0 Å². The van der Waals surface area contributed by atoms with Crippen molar-refractivity contribution >= 4 is 11.3 Å². The van der Waals surface area contributed by atoms with Crippen molar-refractivity contribution in [2.24, 2.45) is 7.05 Å². The lowest BCUT2D eigenvalue weighted by atomic mass is 10.5. The SMILES string of the molecule is C[n+]1ccccc1.[I-].c1ccsc1. The number of pyridine rings is 1. The Kier molecular flexibility index (Phi) is 7.93. The zero-order valence-electron chi connectivity index (χ0n) is 7.43. The van der Waals surface area contributed by atoms with E-state index in [0.717, 1.165) is 0 Å². The lowest BCUT2D eigenvalue weighted by Crippen LogP contribution is -3.00. The van der Waals surface area contributed by atoms with Gasteiger partial charge in [0.25, 0.3) is 0 Å². The molecular weight excluding hydrogens is 293 g/mol. The van der Waals surface area contributed by atoms with Crippen LogP contribution in [0.4, 0.5) is 0 Å². The van der Waals surface area contributed by atoms with Gasteiger partial charge in [-0.2, -0.15) is 11.3 Å². The molecule has 0 spiro atoms. The first-order valence-electron chi connectivity index (χ1n) is 3.77. The molecule has 0 radical (unpaired) electrons. The third-order valence-electron chi connectivity index (χ3n) is 1.29. The molecule has 2 heterocycles. The zero-order chi connectivity index (χ0) is 8.65. The number of rotatable bonds is 0. The topological polar surface area (TPSA) is 3.88 Å². The van der Waals surface area contributed by atoms with E-state index < -0.39 is 0 Å². The Balaban J connectivity index is 0.000000215. The van der Waals surface area contributed by atoms with Crippen LogP contribution in [-0.4, -0.2) is 0 Å². The molecule has 70 valence electrons. The van der Waals surface area contributed by atoms with Gasteiger partial charge in [-0.3, -0.25) is 0 Å². The van der Waals surface area contributed by atoms with Crippen LogP contribution in [0.2, 0.25) is 0 Å². The molecule has 1 nitrogen and oxygen atoms in total. The summed E-state index contributed by atoms with van der Waals surface area (Å²) in [4.78, 5) is 0. The lowest BCUT2D eigenvalue weighted by molar-refractivity contribution is -0.671. The molecule has 0 bridgehead atoms. The van der Waals surface area contributed by atoms with Crippen LogP contribution < -0.4 is 28.5 Å². The fourth-order valence-corrected chi connectivity index (χ4v) is 1.17. The normalized spacial score (nSPS) is 7.77. The van der Waals surface area contributed by atoms with Crippen molar-refractivity contribution in [3.63, 3.8) is 0 Å². The lowest BCUT2D eigenvalue weighted by Gasteiger charge is -1.77. The minimum atomic E-state index is 0. The van der Waals surface area contributed by atoms with E-state index in [-0.39, 0.29) is 24.0 Å². The number of aryl methyl sites for hydroxylation is 1. The number of hydrogen-bond donors (Lipinski definition) is 0. The highest BCUT2D eigenvalue weighted by molar-refractivity contribution is 7.07. The smallest absolute Gasteiger partial charge is 0.168 e. The average molecular weight is 305 g/mol. The summed E-state index contributed by atoms with van der Waals surface area (Å²) in [6.07, 6.45) is 4.00. The third-order valence-corrected chi connectivity index (χ3v) is 1.92. The standard InChI is InChI=1S/C6H8N.C4H4S.HI/c1-7-5-3-2-4-6-7;1-2-4-5-3-1;/h2-6H,1H3;1-4H;1H/q+1;;/p-1. The maximum atomic E-state index is 2.04. The predicted molar refractivity (Wildman–Crippen MR) is 51.9 cm³/mol. The molecule has 0 fully saturated rings. The Labute approximate surface area is 100 Å². The van der Waals surface area contributed by atoms with E-state index in [4.69, 9.17) is 0 Å². The number of halogens is 1. The molecule has 2 rings (SSSR count). The number of thiophene rings is 1. The van der Waals surface area contributed by atoms with Crippen LogP contribution in [0, 0.1) is 0 Å². The minimum Gasteiger partial charge on any atom is -1.00 e. The van der Waals surface area contributed by atoms with Crippen LogP contribution in [0.15, 0.2) is 53.5 Å². The molecule has 0 saturated heterocycles. The van der Waals surface area contributed by atoms with E-state index in [1.54, 1.807) is 11.3 Å². The fourth-order valence-electron chi connectivity index (χ4n) is 0.712. The molecule has 0 aromatic carbocycles. The van der Waals surface area contributed by atoms with Crippen molar-refractivity contribution < 1.29 is 28.5 Å². The van der Waals surface area contributed by atoms with Gasteiger partial charge in [-0.05, 0) is 10.8 Å². The first-order valence-corrected chi connectivity index (χ1v) is 4.71. The summed E-state index contributed by atoms with van der Waals surface area (Å²) in [5.41, 5.74) is 0. The molecular formula is C10H12INS. The molecule has 13 heavy (non-hydrogen) atoms. The number of aromatic nitrogens is 1. The summed E-state index contributed by atoms with van der Waals surface area (Å²) in [5, 5.41) is 4.08. The predicted octanol–water partition coefficient (Wildman–Crippen LogP) is -0.737. The first-order chi connectivity index (χ1) is 5.89. The largest absolute Gasteiger partial charge is 1.00 e. The molecule has 0 aliphatic heterocycles. The third kappa shape index (κ3) is 6.72. The van der Waals surface area contributed by atoms with Crippen LogP contribution in [0.3, 0.4) is 0 Å². The minimum absolute atomic E-state index is 0. The van der Waals surface area contributed by atoms with Gasteiger partial charge < -0.3 is 24.0 Å². The fraction of sp³-hybridized carbons (Fsp3) is 0.100. The molecule has 0 atom stereocenters. The highest BCUT2D eigenvalue weighted by atomic mass is 127. The Morgan fingerprint density at radius 3 is 1.62 bits per heavy atom. The van der Waals surface area contributed by atoms with Gasteiger partial charge >= 0.3 is 0 Å². The average Bonchev–Trinajstić information content (AvgIpc) is 2.62. The highest BCUT2D eigenvalue weighted by Gasteiger charge is 1.78. The van der Waals surface area contributed by atoms with Crippen molar-refractivity contribution in [2.75, 3.05) is 0 Å². The van der Waals surface area contributed by atoms with Gasteiger partial charge in [0.2, 0.25) is 0 Å². The molecule has 0 N–H and O–H groups in total. The highest BCUT2D eigenvalue weighted by Crippen LogP contribution is 1.91. The molecule has 0 amide bonds. The van der Waals surface area contributed by atoms with Crippen LogP contribution >= 0.6 is 11.3 Å². The Morgan fingerprint density at radius 2 is 1.38 bits per heavy atom. The van der Waals surface area contributed by atoms with E-state index in [2.05, 4.69) is 0 Å². The van der Waals surface area contributed by atoms with Crippen molar-refractivity contribution in [3.8, 4) is 0 Å². The van der Waals surface area contributed by atoms with E-state index >= 15 is 0 Å². The van der Waals surface area contributed by atoms with Gasteiger partial charge in [0.1, 0.15) is 7.05 Å². The van der Waals surface area contributed by atoms with Crippen molar-refractivity contribution in [2.45, 2.75) is 0 Å². The Hall–Kier alpha value is -0.420. The van der Waals surface area contributed by atoms with Gasteiger partial charge in [-0.25, -0.2) is 4.57 Å². The molecule has 0 aliphatic carbocycles. The van der Waals surface area contributed by atoms with Crippen molar-refractivity contribution in [3.05, 3.63) is 53.5 Å². The summed E-state index contributed by atoms with van der Waals surface area (Å²) < 4.78 is 2.00. The second kappa shape index (κ2) is 8.19. The van der Waals surface area contributed by atoms with Crippen LogP contribution in [-0.2, 0) is 7.05 Å². The summed E-state index contributed by atoms with van der Waals surface area (Å²) >= 11 is 1.71. The quantitative estimate of drug-likeness (QED) is 0.446. The maximum Gasteiger partial charge on any atom is 0.168 e. The van der Waals surface area contributed by atoms with Gasteiger partial charge in [0.15, 0.2) is 12.4 Å². The van der Waals surface area contributed by atoms with Gasteiger partial charge in [0.05, 0.1) is 0 Å². The second-order valence-corrected chi connectivity index (χ2v) is 3.15. The molecule has 2 aromatic heterocycles. The number of hydrogen-bond acceptors (Lipinski definition) is 1. The Bertz CT molecular complexity index is 264. The summed E-state index contributed by atoms with van der Waals surface area (Å²) in [6, 6.07) is 10.0. The van der Waals surface area contributed by atoms with E-state index in [9.17, 15) is 0 Å². The van der Waals surface area contributed by atoms with E-state index in [1.165, 1.54) is 0 Å². The molecule has 0 aliphatic rings. The second-order valence-electron chi connectivity index (χ2n) is 2.33. The summed E-state index contributed by atoms with van der Waals surface area (Å²) in [5.74, 6) is 0. The van der Waals surface area contributed by atoms with Gasteiger partial charge in [-0.1, -0.05) is 18.2 Å². The Morgan fingerprint density at radius 1 is 0.846 bits per heavy atom. The van der Waals surface area contributed by atoms with E-state index in [1.807, 2.05) is 65.1 Å². The monoisotopic (exact) mass is 305 g/mol. The maximum absolute atomic E-state index is 2.04. The van der Waals surface area contributed by atoms with Crippen LogP contribution in [0.5, 0.6) is 0 Å².